The molecule has 2 rings (SSSR count). The van der Waals surface area contributed by atoms with Crippen molar-refractivity contribution in [1.82, 2.24) is 4.90 Å². The highest BCUT2D eigenvalue weighted by atomic mass is 79.9. The molecule has 18 heavy (non-hydrogen) atoms. The number of amides is 1. The lowest BCUT2D eigenvalue weighted by Crippen LogP contribution is -2.35. The largest absolute Gasteiger partial charge is 0.444 e. The molecule has 1 aromatic carbocycles. The van der Waals surface area contributed by atoms with Crippen LogP contribution in [0.1, 0.15) is 31.2 Å². The molecular weight excluding hydrogens is 294 g/mol. The molecule has 1 aromatic rings. The van der Waals surface area contributed by atoms with Crippen molar-refractivity contribution in [3.05, 3.63) is 34.3 Å². The van der Waals surface area contributed by atoms with Gasteiger partial charge < -0.3 is 9.64 Å². The number of carbonyl (C=O) groups is 1. The van der Waals surface area contributed by atoms with Crippen molar-refractivity contribution in [2.75, 3.05) is 7.05 Å². The summed E-state index contributed by atoms with van der Waals surface area (Å²) in [6.45, 7) is 0.317. The van der Waals surface area contributed by atoms with Gasteiger partial charge in [0.25, 0.3) is 0 Å². The average Bonchev–Trinajstić information content (AvgIpc) is 2.90. The lowest BCUT2D eigenvalue weighted by atomic mass is 10.2. The molecule has 0 aliphatic heterocycles. The maximum Gasteiger partial charge on any atom is 0.410 e. The third kappa shape index (κ3) is 3.25. The van der Waals surface area contributed by atoms with Crippen LogP contribution in [0.25, 0.3) is 0 Å². The van der Waals surface area contributed by atoms with E-state index >= 15 is 0 Å². The molecule has 0 spiro atoms. The summed E-state index contributed by atoms with van der Waals surface area (Å²) in [5.74, 6) is 0. The smallest absolute Gasteiger partial charge is 0.410 e. The summed E-state index contributed by atoms with van der Waals surface area (Å²) in [5.41, 5.74) is 0.991. The van der Waals surface area contributed by atoms with E-state index in [0.717, 1.165) is 22.9 Å². The monoisotopic (exact) mass is 311 g/mol. The second kappa shape index (κ2) is 6.23. The molecule has 0 unspecified atom stereocenters. The van der Waals surface area contributed by atoms with Crippen LogP contribution in [-0.2, 0) is 11.3 Å². The number of nitrogens with zero attached hydrogens (tertiary/aromatic N) is 1. The number of hydrogen-bond donors (Lipinski definition) is 0. The van der Waals surface area contributed by atoms with Gasteiger partial charge in [0.05, 0.1) is 0 Å². The topological polar surface area (TPSA) is 29.5 Å². The molecule has 1 aliphatic carbocycles. The van der Waals surface area contributed by atoms with Crippen LogP contribution in [0, 0.1) is 0 Å². The molecule has 0 bridgehead atoms. The van der Waals surface area contributed by atoms with Gasteiger partial charge in [-0.05, 0) is 18.9 Å². The quantitative estimate of drug-likeness (QED) is 0.845. The van der Waals surface area contributed by atoms with Gasteiger partial charge in [-0.2, -0.15) is 0 Å². The molecule has 1 fully saturated rings. The van der Waals surface area contributed by atoms with Gasteiger partial charge in [-0.25, -0.2) is 4.79 Å². The first-order chi connectivity index (χ1) is 8.68. The van der Waals surface area contributed by atoms with E-state index in [2.05, 4.69) is 15.9 Å². The zero-order chi connectivity index (χ0) is 13.0. The summed E-state index contributed by atoms with van der Waals surface area (Å²) in [4.78, 5) is 13.6. The second-order valence-electron chi connectivity index (χ2n) is 4.70. The molecule has 0 radical (unpaired) electrons. The lowest BCUT2D eigenvalue weighted by Gasteiger charge is -2.23. The van der Waals surface area contributed by atoms with E-state index in [-0.39, 0.29) is 6.09 Å². The van der Waals surface area contributed by atoms with E-state index in [4.69, 9.17) is 4.74 Å². The Balaban J connectivity index is 1.86. The fraction of sp³-hybridized carbons (Fsp3) is 0.500. The van der Waals surface area contributed by atoms with Crippen molar-refractivity contribution in [2.45, 2.75) is 38.3 Å². The van der Waals surface area contributed by atoms with Crippen molar-refractivity contribution in [2.24, 2.45) is 0 Å². The number of ether oxygens (including phenoxy) is 1. The maximum absolute atomic E-state index is 11.9. The van der Waals surface area contributed by atoms with E-state index in [1.165, 1.54) is 12.8 Å². The fourth-order valence-corrected chi connectivity index (χ4v) is 2.70. The van der Waals surface area contributed by atoms with Crippen molar-refractivity contribution in [1.29, 1.82) is 0 Å². The second-order valence-corrected chi connectivity index (χ2v) is 5.55. The number of halogens is 1. The molecule has 1 amide bonds. The van der Waals surface area contributed by atoms with E-state index in [1.54, 1.807) is 4.90 Å². The zero-order valence-corrected chi connectivity index (χ0v) is 12.1. The van der Waals surface area contributed by atoms with Crippen LogP contribution < -0.4 is 0 Å². The Morgan fingerprint density at radius 2 is 2.06 bits per heavy atom. The number of rotatable bonds is 3. The molecule has 0 atom stereocenters. The Kier molecular flexibility index (Phi) is 4.64. The van der Waals surface area contributed by atoms with E-state index < -0.39 is 0 Å². The summed E-state index contributed by atoms with van der Waals surface area (Å²) in [5, 5.41) is 0. The van der Waals surface area contributed by atoms with Crippen molar-refractivity contribution in [3.63, 3.8) is 0 Å². The summed E-state index contributed by atoms with van der Waals surface area (Å²) in [6, 6.07) is 8.14. The highest BCUT2D eigenvalue weighted by molar-refractivity contribution is 9.10. The minimum absolute atomic E-state index is 0.224. The van der Waals surface area contributed by atoms with E-state index in [0.29, 0.717) is 12.6 Å². The van der Waals surface area contributed by atoms with Crippen LogP contribution in [0.5, 0.6) is 0 Å². The normalized spacial score (nSPS) is 15.7. The molecule has 0 aromatic heterocycles. The molecule has 0 heterocycles. The summed E-state index contributed by atoms with van der Waals surface area (Å²) in [6.07, 6.45) is 4.40. The van der Waals surface area contributed by atoms with Gasteiger partial charge in [0.1, 0.15) is 6.61 Å². The highest BCUT2D eigenvalue weighted by Crippen LogP contribution is 2.23. The molecule has 3 nitrogen and oxygen atoms in total. The van der Waals surface area contributed by atoms with Crippen LogP contribution in [-0.4, -0.2) is 24.1 Å². The zero-order valence-electron chi connectivity index (χ0n) is 10.6. The number of carbonyl (C=O) groups excluding carboxylic acids is 1. The van der Waals surface area contributed by atoms with Gasteiger partial charge in [-0.1, -0.05) is 47.0 Å². The molecular formula is C14H18BrNO2. The van der Waals surface area contributed by atoms with Gasteiger partial charge in [0, 0.05) is 23.1 Å². The van der Waals surface area contributed by atoms with Crippen molar-refractivity contribution in [3.8, 4) is 0 Å². The minimum Gasteiger partial charge on any atom is -0.444 e. The molecule has 0 saturated heterocycles. The first-order valence-electron chi connectivity index (χ1n) is 6.31. The minimum atomic E-state index is -0.224. The Labute approximate surface area is 116 Å². The van der Waals surface area contributed by atoms with Crippen LogP contribution >= 0.6 is 15.9 Å². The maximum atomic E-state index is 11.9. The van der Waals surface area contributed by atoms with Crippen LogP contribution in [0.3, 0.4) is 0 Å². The van der Waals surface area contributed by atoms with Crippen LogP contribution in [0.2, 0.25) is 0 Å². The Bertz CT molecular complexity index is 416. The standard InChI is InChI=1S/C14H18BrNO2/c1-16(12-7-3-4-8-12)14(17)18-10-11-6-2-5-9-13(11)15/h2,5-6,9,12H,3-4,7-8,10H2,1H3. The van der Waals surface area contributed by atoms with Crippen LogP contribution in [0.4, 0.5) is 4.79 Å². The van der Waals surface area contributed by atoms with Gasteiger partial charge in [-0.3, -0.25) is 0 Å². The first-order valence-corrected chi connectivity index (χ1v) is 7.11. The first kappa shape index (κ1) is 13.4. The molecule has 4 heteroatoms. The summed E-state index contributed by atoms with van der Waals surface area (Å²) in [7, 11) is 1.83. The summed E-state index contributed by atoms with van der Waals surface area (Å²) < 4.78 is 6.31. The van der Waals surface area contributed by atoms with Crippen LogP contribution in [0.15, 0.2) is 28.7 Å². The highest BCUT2D eigenvalue weighted by Gasteiger charge is 2.24. The third-order valence-corrected chi connectivity index (χ3v) is 4.24. The SMILES string of the molecule is CN(C(=O)OCc1ccccc1Br)C1CCCC1. The average molecular weight is 312 g/mol. The molecule has 0 N–H and O–H groups in total. The molecule has 1 aliphatic rings. The number of benzene rings is 1. The van der Waals surface area contributed by atoms with Crippen molar-refractivity contribution < 1.29 is 9.53 Å². The Morgan fingerprint density at radius 1 is 1.39 bits per heavy atom. The predicted molar refractivity (Wildman–Crippen MR) is 74.3 cm³/mol. The predicted octanol–water partition coefficient (Wildman–Crippen LogP) is 3.96. The Hall–Kier alpha value is -1.03. The molecule has 98 valence electrons. The lowest BCUT2D eigenvalue weighted by molar-refractivity contribution is 0.0916. The third-order valence-electron chi connectivity index (χ3n) is 3.47. The van der Waals surface area contributed by atoms with Gasteiger partial charge in [-0.15, -0.1) is 0 Å². The molecule has 1 saturated carbocycles. The Morgan fingerprint density at radius 3 is 2.72 bits per heavy atom. The van der Waals surface area contributed by atoms with Gasteiger partial charge in [0.15, 0.2) is 0 Å². The number of hydrogen-bond acceptors (Lipinski definition) is 2. The fourth-order valence-electron chi connectivity index (χ4n) is 2.30. The van der Waals surface area contributed by atoms with Gasteiger partial charge >= 0.3 is 6.09 Å². The van der Waals surface area contributed by atoms with E-state index in [1.807, 2.05) is 31.3 Å². The van der Waals surface area contributed by atoms with Crippen molar-refractivity contribution >= 4 is 22.0 Å². The summed E-state index contributed by atoms with van der Waals surface area (Å²) >= 11 is 3.44. The van der Waals surface area contributed by atoms with E-state index in [9.17, 15) is 4.79 Å². The van der Waals surface area contributed by atoms with Gasteiger partial charge in [0.2, 0.25) is 0 Å².